The molecule has 0 atom stereocenters. The molecule has 0 spiro atoms. The van der Waals surface area contributed by atoms with Crippen molar-refractivity contribution in [1.82, 2.24) is 15.0 Å². The Kier molecular flexibility index (Phi) is 2.72. The number of nitrogens with zero attached hydrogens (tertiary/aromatic N) is 4. The Bertz CT molecular complexity index is 825. The fraction of sp³-hybridized carbons (Fsp3) is 0. The largest absolute Gasteiger partial charge is 0.298 e. The molecule has 7 heteroatoms. The van der Waals surface area contributed by atoms with Crippen molar-refractivity contribution >= 4 is 23.0 Å². The fourth-order valence-electron chi connectivity index (χ4n) is 1.99. The van der Waals surface area contributed by atoms with Gasteiger partial charge in [-0.25, -0.2) is 4.68 Å². The molecule has 3 aromatic rings. The van der Waals surface area contributed by atoms with E-state index < -0.39 is 4.92 Å². The lowest BCUT2D eigenvalue weighted by Crippen LogP contribution is -2.00. The highest BCUT2D eigenvalue weighted by Crippen LogP contribution is 2.22. The van der Waals surface area contributed by atoms with Gasteiger partial charge in [0.1, 0.15) is 5.52 Å². The van der Waals surface area contributed by atoms with E-state index >= 15 is 0 Å². The van der Waals surface area contributed by atoms with Crippen molar-refractivity contribution in [1.29, 1.82) is 0 Å². The van der Waals surface area contributed by atoms with Gasteiger partial charge in [0.25, 0.3) is 5.69 Å². The summed E-state index contributed by atoms with van der Waals surface area (Å²) in [6.45, 7) is 0. The number of carbonyl (C=O) groups excluding carboxylic acids is 1. The van der Waals surface area contributed by atoms with Crippen molar-refractivity contribution in [2.45, 2.75) is 0 Å². The molecule has 0 saturated heterocycles. The number of fused-ring (bicyclic) bond motifs is 1. The van der Waals surface area contributed by atoms with Crippen LogP contribution in [-0.4, -0.2) is 26.2 Å². The average molecular weight is 268 g/mol. The van der Waals surface area contributed by atoms with Gasteiger partial charge in [-0.05, 0) is 24.3 Å². The Hall–Kier alpha value is -3.09. The van der Waals surface area contributed by atoms with E-state index in [1.165, 1.54) is 22.9 Å². The highest BCUT2D eigenvalue weighted by Gasteiger charge is 2.15. The predicted octanol–water partition coefficient (Wildman–Crippen LogP) is 2.14. The van der Waals surface area contributed by atoms with Gasteiger partial charge in [-0.15, -0.1) is 5.10 Å². The average Bonchev–Trinajstić information content (AvgIpc) is 2.90. The maximum Gasteiger partial charge on any atom is 0.280 e. The first kappa shape index (κ1) is 12.0. The Labute approximate surface area is 112 Å². The zero-order valence-corrected chi connectivity index (χ0v) is 10.1. The van der Waals surface area contributed by atoms with Crippen LogP contribution in [0.1, 0.15) is 10.4 Å². The summed E-state index contributed by atoms with van der Waals surface area (Å²) in [7, 11) is 0. The first-order valence-electron chi connectivity index (χ1n) is 5.75. The maximum atomic E-state index is 11.0. The van der Waals surface area contributed by atoms with E-state index in [0.717, 1.165) is 5.52 Å². The van der Waals surface area contributed by atoms with E-state index in [4.69, 9.17) is 0 Å². The molecule has 0 N–H and O–H groups in total. The first-order valence-corrected chi connectivity index (χ1v) is 5.75. The summed E-state index contributed by atoms with van der Waals surface area (Å²) in [6.07, 6.45) is 0.459. The van der Waals surface area contributed by atoms with Crippen LogP contribution in [-0.2, 0) is 0 Å². The Balaban J connectivity index is 2.20. The number of hydrogen-bond donors (Lipinski definition) is 0. The van der Waals surface area contributed by atoms with Crippen molar-refractivity contribution in [2.24, 2.45) is 0 Å². The first-order chi connectivity index (χ1) is 9.70. The van der Waals surface area contributed by atoms with E-state index in [2.05, 4.69) is 10.3 Å². The fourth-order valence-corrected chi connectivity index (χ4v) is 1.99. The minimum Gasteiger partial charge on any atom is -0.298 e. The third-order valence-corrected chi connectivity index (χ3v) is 2.93. The third kappa shape index (κ3) is 1.81. The molecule has 0 bridgehead atoms. The highest BCUT2D eigenvalue weighted by molar-refractivity contribution is 5.83. The SMILES string of the molecule is O=Cc1cc(-n2nnc3ccccc32)ccc1[N+](=O)[O-]. The summed E-state index contributed by atoms with van der Waals surface area (Å²) in [5, 5.41) is 18.8. The van der Waals surface area contributed by atoms with Gasteiger partial charge >= 0.3 is 0 Å². The van der Waals surface area contributed by atoms with Gasteiger partial charge in [-0.1, -0.05) is 17.3 Å². The molecule has 0 unspecified atom stereocenters. The third-order valence-electron chi connectivity index (χ3n) is 2.93. The molecule has 1 aromatic heterocycles. The van der Waals surface area contributed by atoms with Crippen LogP contribution in [0.5, 0.6) is 0 Å². The molecule has 2 aromatic carbocycles. The quantitative estimate of drug-likeness (QED) is 0.412. The second-order valence-corrected chi connectivity index (χ2v) is 4.11. The second kappa shape index (κ2) is 4.54. The molecule has 0 radical (unpaired) electrons. The van der Waals surface area contributed by atoms with Crippen LogP contribution in [0.3, 0.4) is 0 Å². The molecule has 0 amide bonds. The van der Waals surface area contributed by atoms with Crippen LogP contribution in [0.2, 0.25) is 0 Å². The number of para-hydroxylation sites is 1. The van der Waals surface area contributed by atoms with Crippen molar-refractivity contribution in [3.63, 3.8) is 0 Å². The van der Waals surface area contributed by atoms with Gasteiger partial charge in [0.15, 0.2) is 6.29 Å². The summed E-state index contributed by atoms with van der Waals surface area (Å²) in [5.74, 6) is 0. The minimum atomic E-state index is -0.590. The molecule has 20 heavy (non-hydrogen) atoms. The number of benzene rings is 2. The smallest absolute Gasteiger partial charge is 0.280 e. The van der Waals surface area contributed by atoms with Crippen molar-refractivity contribution in [3.05, 3.63) is 58.1 Å². The highest BCUT2D eigenvalue weighted by atomic mass is 16.6. The molecule has 7 nitrogen and oxygen atoms in total. The normalized spacial score (nSPS) is 10.6. The monoisotopic (exact) mass is 268 g/mol. The molecule has 0 aliphatic heterocycles. The summed E-state index contributed by atoms with van der Waals surface area (Å²) >= 11 is 0. The molecule has 0 saturated carbocycles. The zero-order chi connectivity index (χ0) is 14.1. The van der Waals surface area contributed by atoms with Crippen LogP contribution < -0.4 is 0 Å². The van der Waals surface area contributed by atoms with E-state index in [1.807, 2.05) is 24.3 Å². The summed E-state index contributed by atoms with van der Waals surface area (Å²) in [4.78, 5) is 21.2. The topological polar surface area (TPSA) is 90.9 Å². The van der Waals surface area contributed by atoms with E-state index in [-0.39, 0.29) is 11.3 Å². The van der Waals surface area contributed by atoms with Gasteiger partial charge < -0.3 is 0 Å². The van der Waals surface area contributed by atoms with Crippen LogP contribution in [0, 0.1) is 10.1 Å². The van der Waals surface area contributed by atoms with Gasteiger partial charge in [-0.2, -0.15) is 0 Å². The molecule has 0 aliphatic rings. The lowest BCUT2D eigenvalue weighted by atomic mass is 10.1. The Morgan fingerprint density at radius 1 is 1.20 bits per heavy atom. The molecule has 3 rings (SSSR count). The lowest BCUT2D eigenvalue weighted by Gasteiger charge is -2.03. The van der Waals surface area contributed by atoms with Crippen molar-refractivity contribution in [3.8, 4) is 5.69 Å². The van der Waals surface area contributed by atoms with E-state index in [1.54, 1.807) is 0 Å². The Morgan fingerprint density at radius 2 is 2.00 bits per heavy atom. The number of aldehydes is 1. The second-order valence-electron chi connectivity index (χ2n) is 4.11. The van der Waals surface area contributed by atoms with E-state index in [0.29, 0.717) is 17.5 Å². The number of nitro benzene ring substituents is 1. The van der Waals surface area contributed by atoms with Gasteiger partial charge in [-0.3, -0.25) is 14.9 Å². The number of carbonyl (C=O) groups is 1. The summed E-state index contributed by atoms with van der Waals surface area (Å²) in [6, 6.07) is 11.6. The standard InChI is InChI=1S/C13H8N4O3/c18-8-9-7-10(5-6-12(9)17(19)20)16-13-4-2-1-3-11(13)14-15-16/h1-8H. The van der Waals surface area contributed by atoms with Crippen LogP contribution in [0.15, 0.2) is 42.5 Å². The number of hydrogen-bond acceptors (Lipinski definition) is 5. The van der Waals surface area contributed by atoms with Gasteiger partial charge in [0.05, 0.1) is 21.7 Å². The lowest BCUT2D eigenvalue weighted by molar-refractivity contribution is -0.385. The number of rotatable bonds is 3. The summed E-state index contributed by atoms with van der Waals surface area (Å²) in [5.41, 5.74) is 1.79. The maximum absolute atomic E-state index is 11.0. The molecule has 0 aliphatic carbocycles. The van der Waals surface area contributed by atoms with Crippen LogP contribution in [0.4, 0.5) is 5.69 Å². The zero-order valence-electron chi connectivity index (χ0n) is 10.1. The van der Waals surface area contributed by atoms with Gasteiger partial charge in [0, 0.05) is 6.07 Å². The molecular formula is C13H8N4O3. The van der Waals surface area contributed by atoms with Crippen molar-refractivity contribution in [2.75, 3.05) is 0 Å². The van der Waals surface area contributed by atoms with Crippen LogP contribution >= 0.6 is 0 Å². The molecule has 98 valence electrons. The van der Waals surface area contributed by atoms with Crippen molar-refractivity contribution < 1.29 is 9.72 Å². The van der Waals surface area contributed by atoms with E-state index in [9.17, 15) is 14.9 Å². The minimum absolute atomic E-state index is 0.00656. The van der Waals surface area contributed by atoms with Gasteiger partial charge in [0.2, 0.25) is 0 Å². The molecule has 0 fully saturated rings. The predicted molar refractivity (Wildman–Crippen MR) is 70.9 cm³/mol. The number of aromatic nitrogens is 3. The summed E-state index contributed by atoms with van der Waals surface area (Å²) < 4.78 is 1.53. The molecular weight excluding hydrogens is 260 g/mol. The molecule has 1 heterocycles. The number of nitro groups is 1. The Morgan fingerprint density at radius 3 is 2.75 bits per heavy atom. The van der Waals surface area contributed by atoms with Crippen LogP contribution in [0.25, 0.3) is 16.7 Å².